The Morgan fingerprint density at radius 1 is 1.28 bits per heavy atom. The molecule has 0 atom stereocenters. The van der Waals surface area contributed by atoms with Crippen LogP contribution in [0, 0.1) is 16.7 Å². The van der Waals surface area contributed by atoms with Crippen molar-refractivity contribution in [2.24, 2.45) is 5.41 Å². The van der Waals surface area contributed by atoms with Gasteiger partial charge in [-0.3, -0.25) is 0 Å². The maximum absolute atomic E-state index is 8.88. The third-order valence-corrected chi connectivity index (χ3v) is 2.65. The summed E-state index contributed by atoms with van der Waals surface area (Å²) in [6, 6.07) is 7.62. The summed E-state index contributed by atoms with van der Waals surface area (Å²) in [6.45, 7) is 7.88. The maximum Gasteiger partial charge on any atom is 0.136 e. The molecule has 3 heteroatoms. The summed E-state index contributed by atoms with van der Waals surface area (Å²) < 4.78 is 10.8. The molecule has 1 rings (SSSR count). The second-order valence-corrected chi connectivity index (χ2v) is 5.51. The molecule has 0 spiro atoms. The first-order chi connectivity index (χ1) is 8.46. The SMILES string of the molecule is COc1cc(COCCC(C)(C)C)ccc1C#N. The van der Waals surface area contributed by atoms with E-state index in [1.807, 2.05) is 12.1 Å². The summed E-state index contributed by atoms with van der Waals surface area (Å²) in [5, 5.41) is 8.88. The Kier molecular flexibility index (Phi) is 5.18. The lowest BCUT2D eigenvalue weighted by atomic mass is 9.93. The standard InChI is InChI=1S/C15H21NO2/c1-15(2,3)7-8-18-11-12-5-6-13(10-16)14(9-12)17-4/h5-6,9H,7-8,11H2,1-4H3. The van der Waals surface area contributed by atoms with Gasteiger partial charge in [0.2, 0.25) is 0 Å². The van der Waals surface area contributed by atoms with Gasteiger partial charge in [-0.25, -0.2) is 0 Å². The summed E-state index contributed by atoms with van der Waals surface area (Å²) in [4.78, 5) is 0. The van der Waals surface area contributed by atoms with Crippen molar-refractivity contribution in [2.75, 3.05) is 13.7 Å². The van der Waals surface area contributed by atoms with Crippen LogP contribution in [-0.4, -0.2) is 13.7 Å². The van der Waals surface area contributed by atoms with E-state index in [2.05, 4.69) is 26.8 Å². The normalized spacial score (nSPS) is 11.1. The summed E-state index contributed by atoms with van der Waals surface area (Å²) in [5.74, 6) is 0.606. The maximum atomic E-state index is 8.88. The van der Waals surface area contributed by atoms with Crippen molar-refractivity contribution >= 4 is 0 Å². The minimum absolute atomic E-state index is 0.294. The molecule has 18 heavy (non-hydrogen) atoms. The Hall–Kier alpha value is -1.53. The van der Waals surface area contributed by atoms with Crippen molar-refractivity contribution in [2.45, 2.75) is 33.8 Å². The molecule has 0 unspecified atom stereocenters. The van der Waals surface area contributed by atoms with Crippen LogP contribution in [0.4, 0.5) is 0 Å². The summed E-state index contributed by atoms with van der Waals surface area (Å²) in [7, 11) is 1.57. The lowest BCUT2D eigenvalue weighted by Gasteiger charge is -2.17. The summed E-state index contributed by atoms with van der Waals surface area (Å²) in [5.41, 5.74) is 1.87. The second-order valence-electron chi connectivity index (χ2n) is 5.51. The Morgan fingerprint density at radius 2 is 2.00 bits per heavy atom. The van der Waals surface area contributed by atoms with Crippen molar-refractivity contribution < 1.29 is 9.47 Å². The smallest absolute Gasteiger partial charge is 0.136 e. The van der Waals surface area contributed by atoms with Crippen molar-refractivity contribution in [3.63, 3.8) is 0 Å². The number of ether oxygens (including phenoxy) is 2. The average molecular weight is 247 g/mol. The summed E-state index contributed by atoms with van der Waals surface area (Å²) in [6.07, 6.45) is 1.03. The minimum Gasteiger partial charge on any atom is -0.495 e. The highest BCUT2D eigenvalue weighted by Gasteiger charge is 2.09. The third-order valence-electron chi connectivity index (χ3n) is 2.65. The molecule has 1 aromatic rings. The quantitative estimate of drug-likeness (QED) is 0.748. The lowest BCUT2D eigenvalue weighted by molar-refractivity contribution is 0.0961. The Bertz CT molecular complexity index is 427. The van der Waals surface area contributed by atoms with Crippen molar-refractivity contribution in [3.05, 3.63) is 29.3 Å². The Morgan fingerprint density at radius 3 is 2.56 bits per heavy atom. The van der Waals surface area contributed by atoms with Gasteiger partial charge < -0.3 is 9.47 Å². The number of hydrogen-bond donors (Lipinski definition) is 0. The van der Waals surface area contributed by atoms with Crippen LogP contribution in [0.5, 0.6) is 5.75 Å². The fourth-order valence-electron chi connectivity index (χ4n) is 1.49. The Labute approximate surface area is 109 Å². The van der Waals surface area contributed by atoms with Gasteiger partial charge in [0.15, 0.2) is 0 Å². The van der Waals surface area contributed by atoms with Gasteiger partial charge in [0.1, 0.15) is 11.8 Å². The molecule has 0 aromatic heterocycles. The van der Waals surface area contributed by atoms with Crippen LogP contribution in [0.2, 0.25) is 0 Å². The highest BCUT2D eigenvalue weighted by Crippen LogP contribution is 2.21. The molecule has 0 N–H and O–H groups in total. The van der Waals surface area contributed by atoms with Crippen LogP contribution in [0.15, 0.2) is 18.2 Å². The van der Waals surface area contributed by atoms with Gasteiger partial charge in [-0.05, 0) is 29.5 Å². The van der Waals surface area contributed by atoms with Crippen molar-refractivity contribution in [1.29, 1.82) is 5.26 Å². The molecule has 3 nitrogen and oxygen atoms in total. The van der Waals surface area contributed by atoms with Crippen LogP contribution in [0.3, 0.4) is 0 Å². The molecule has 0 aliphatic carbocycles. The van der Waals surface area contributed by atoms with E-state index in [1.54, 1.807) is 13.2 Å². The van der Waals surface area contributed by atoms with Crippen LogP contribution in [-0.2, 0) is 11.3 Å². The number of rotatable bonds is 5. The molecule has 0 amide bonds. The summed E-state index contributed by atoms with van der Waals surface area (Å²) >= 11 is 0. The predicted molar refractivity (Wildman–Crippen MR) is 71.4 cm³/mol. The molecular weight excluding hydrogens is 226 g/mol. The molecule has 0 heterocycles. The molecule has 0 aliphatic heterocycles. The molecule has 0 saturated heterocycles. The number of nitriles is 1. The number of benzene rings is 1. The topological polar surface area (TPSA) is 42.2 Å². The zero-order chi connectivity index (χ0) is 13.6. The minimum atomic E-state index is 0.294. The largest absolute Gasteiger partial charge is 0.495 e. The third kappa shape index (κ3) is 4.77. The van der Waals surface area contributed by atoms with E-state index in [1.165, 1.54) is 0 Å². The first-order valence-corrected chi connectivity index (χ1v) is 6.11. The van der Waals surface area contributed by atoms with Crippen LogP contribution in [0.25, 0.3) is 0 Å². The van der Waals surface area contributed by atoms with E-state index < -0.39 is 0 Å². The molecule has 0 radical (unpaired) electrons. The first-order valence-electron chi connectivity index (χ1n) is 6.11. The highest BCUT2D eigenvalue weighted by molar-refractivity contribution is 5.45. The molecule has 0 fully saturated rings. The predicted octanol–water partition coefficient (Wildman–Crippen LogP) is 3.52. The van der Waals surface area contributed by atoms with Crippen LogP contribution in [0.1, 0.15) is 38.3 Å². The van der Waals surface area contributed by atoms with E-state index >= 15 is 0 Å². The van der Waals surface area contributed by atoms with Crippen molar-refractivity contribution in [3.8, 4) is 11.8 Å². The molecule has 0 aliphatic rings. The van der Waals surface area contributed by atoms with Gasteiger partial charge in [0.05, 0.1) is 19.3 Å². The lowest BCUT2D eigenvalue weighted by Crippen LogP contribution is -2.09. The van der Waals surface area contributed by atoms with Gasteiger partial charge >= 0.3 is 0 Å². The fraction of sp³-hybridized carbons (Fsp3) is 0.533. The van der Waals surface area contributed by atoms with E-state index in [0.29, 0.717) is 23.3 Å². The number of hydrogen-bond acceptors (Lipinski definition) is 3. The molecule has 0 saturated carbocycles. The zero-order valence-electron chi connectivity index (χ0n) is 11.6. The van der Waals surface area contributed by atoms with Gasteiger partial charge in [-0.15, -0.1) is 0 Å². The molecule has 98 valence electrons. The van der Waals surface area contributed by atoms with E-state index in [0.717, 1.165) is 18.6 Å². The molecular formula is C15H21NO2. The molecule has 1 aromatic carbocycles. The Balaban J connectivity index is 2.51. The second kappa shape index (κ2) is 6.42. The van der Waals surface area contributed by atoms with Gasteiger partial charge in [0.25, 0.3) is 0 Å². The van der Waals surface area contributed by atoms with Gasteiger partial charge in [-0.1, -0.05) is 26.8 Å². The highest BCUT2D eigenvalue weighted by atomic mass is 16.5. The van der Waals surface area contributed by atoms with Gasteiger partial charge in [0, 0.05) is 6.61 Å². The van der Waals surface area contributed by atoms with E-state index in [-0.39, 0.29) is 0 Å². The van der Waals surface area contributed by atoms with Crippen LogP contribution < -0.4 is 4.74 Å². The average Bonchev–Trinajstić information content (AvgIpc) is 2.33. The van der Waals surface area contributed by atoms with E-state index in [9.17, 15) is 0 Å². The first kappa shape index (κ1) is 14.5. The van der Waals surface area contributed by atoms with Crippen LogP contribution >= 0.6 is 0 Å². The fourth-order valence-corrected chi connectivity index (χ4v) is 1.49. The van der Waals surface area contributed by atoms with E-state index in [4.69, 9.17) is 14.7 Å². The monoisotopic (exact) mass is 247 g/mol. The zero-order valence-corrected chi connectivity index (χ0v) is 11.6. The van der Waals surface area contributed by atoms with Crippen molar-refractivity contribution in [1.82, 2.24) is 0 Å². The molecule has 0 bridgehead atoms. The number of methoxy groups -OCH3 is 1. The number of nitrogens with zero attached hydrogens (tertiary/aromatic N) is 1. The van der Waals surface area contributed by atoms with Gasteiger partial charge in [-0.2, -0.15) is 5.26 Å².